The summed E-state index contributed by atoms with van der Waals surface area (Å²) in [5.74, 6) is 0. The molecule has 0 aliphatic rings. The summed E-state index contributed by atoms with van der Waals surface area (Å²) in [6.45, 7) is 4.45. The standard InChI is InChI=1S/C14H18N2O2S/c1-11-4-5-12(2)16(11)14-8-6-13(7-9-14)10-15-19(3,17)18/h4-9,15H,10H2,1-3H3. The molecule has 2 rings (SSSR count). The highest BCUT2D eigenvalue weighted by Crippen LogP contribution is 2.16. The highest BCUT2D eigenvalue weighted by Gasteiger charge is 2.04. The molecule has 0 radical (unpaired) electrons. The van der Waals surface area contributed by atoms with Crippen LogP contribution in [0.3, 0.4) is 0 Å². The van der Waals surface area contributed by atoms with Crippen LogP contribution in [0.1, 0.15) is 17.0 Å². The molecule has 1 aromatic carbocycles. The molecule has 0 aliphatic carbocycles. The summed E-state index contributed by atoms with van der Waals surface area (Å²) < 4.78 is 26.7. The van der Waals surface area contributed by atoms with Gasteiger partial charge in [0, 0.05) is 23.6 Å². The van der Waals surface area contributed by atoms with Crippen molar-refractivity contribution >= 4 is 10.0 Å². The maximum absolute atomic E-state index is 11.0. The topological polar surface area (TPSA) is 51.1 Å². The molecule has 0 unspecified atom stereocenters. The van der Waals surface area contributed by atoms with E-state index in [1.54, 1.807) is 0 Å². The molecule has 0 aliphatic heterocycles. The van der Waals surface area contributed by atoms with Crippen molar-refractivity contribution in [1.82, 2.24) is 9.29 Å². The lowest BCUT2D eigenvalue weighted by Crippen LogP contribution is -2.21. The molecule has 4 nitrogen and oxygen atoms in total. The third-order valence-electron chi connectivity index (χ3n) is 3.00. The van der Waals surface area contributed by atoms with E-state index in [9.17, 15) is 8.42 Å². The molecular weight excluding hydrogens is 260 g/mol. The summed E-state index contributed by atoms with van der Waals surface area (Å²) in [7, 11) is -3.14. The van der Waals surface area contributed by atoms with Crippen molar-refractivity contribution in [1.29, 1.82) is 0 Å². The first kappa shape index (κ1) is 13.8. The number of nitrogens with zero attached hydrogens (tertiary/aromatic N) is 1. The van der Waals surface area contributed by atoms with E-state index in [0.29, 0.717) is 6.54 Å². The number of nitrogens with one attached hydrogen (secondary N) is 1. The van der Waals surface area contributed by atoms with E-state index in [4.69, 9.17) is 0 Å². The van der Waals surface area contributed by atoms with E-state index in [2.05, 4.69) is 35.3 Å². The van der Waals surface area contributed by atoms with Gasteiger partial charge in [-0.3, -0.25) is 0 Å². The molecule has 0 saturated heterocycles. The van der Waals surface area contributed by atoms with Crippen molar-refractivity contribution in [3.8, 4) is 5.69 Å². The van der Waals surface area contributed by atoms with Crippen molar-refractivity contribution in [3.05, 3.63) is 53.3 Å². The Morgan fingerprint density at radius 2 is 1.53 bits per heavy atom. The van der Waals surface area contributed by atoms with Crippen LogP contribution in [0, 0.1) is 13.8 Å². The highest BCUT2D eigenvalue weighted by atomic mass is 32.2. The molecule has 0 amide bonds. The predicted molar refractivity (Wildman–Crippen MR) is 76.9 cm³/mol. The van der Waals surface area contributed by atoms with E-state index >= 15 is 0 Å². The zero-order valence-corrected chi connectivity index (χ0v) is 12.2. The van der Waals surface area contributed by atoms with Crippen LogP contribution in [0.25, 0.3) is 5.69 Å². The minimum atomic E-state index is -3.14. The molecule has 1 heterocycles. The number of hydrogen-bond acceptors (Lipinski definition) is 2. The Morgan fingerprint density at radius 3 is 2.00 bits per heavy atom. The molecule has 0 fully saturated rings. The lowest BCUT2D eigenvalue weighted by Gasteiger charge is -2.10. The fraction of sp³-hybridized carbons (Fsp3) is 0.286. The molecule has 102 valence electrons. The molecular formula is C14H18N2O2S. The van der Waals surface area contributed by atoms with Crippen molar-refractivity contribution in [2.75, 3.05) is 6.26 Å². The van der Waals surface area contributed by atoms with Gasteiger partial charge in [0.15, 0.2) is 0 Å². The number of aryl methyl sites for hydroxylation is 2. The summed E-state index contributed by atoms with van der Waals surface area (Å²) in [4.78, 5) is 0. The third kappa shape index (κ3) is 3.45. The van der Waals surface area contributed by atoms with Crippen LogP contribution >= 0.6 is 0 Å². The normalized spacial score (nSPS) is 11.7. The maximum Gasteiger partial charge on any atom is 0.209 e. The summed E-state index contributed by atoms with van der Waals surface area (Å²) in [6.07, 6.45) is 1.16. The highest BCUT2D eigenvalue weighted by molar-refractivity contribution is 7.88. The van der Waals surface area contributed by atoms with E-state index in [1.165, 1.54) is 11.4 Å². The van der Waals surface area contributed by atoms with Crippen LogP contribution in [-0.2, 0) is 16.6 Å². The monoisotopic (exact) mass is 278 g/mol. The van der Waals surface area contributed by atoms with Gasteiger partial charge in [0.05, 0.1) is 6.26 Å². The smallest absolute Gasteiger partial charge is 0.209 e. The van der Waals surface area contributed by atoms with Gasteiger partial charge in [-0.25, -0.2) is 13.1 Å². The number of hydrogen-bond donors (Lipinski definition) is 1. The molecule has 19 heavy (non-hydrogen) atoms. The second kappa shape index (κ2) is 5.19. The average Bonchev–Trinajstić information content (AvgIpc) is 2.67. The Morgan fingerprint density at radius 1 is 1.00 bits per heavy atom. The molecule has 0 atom stereocenters. The average molecular weight is 278 g/mol. The molecule has 5 heteroatoms. The second-order valence-electron chi connectivity index (χ2n) is 4.71. The number of sulfonamides is 1. The van der Waals surface area contributed by atoms with Crippen LogP contribution in [0.2, 0.25) is 0 Å². The zero-order chi connectivity index (χ0) is 14.0. The quantitative estimate of drug-likeness (QED) is 0.931. The molecule has 0 saturated carbocycles. The van der Waals surface area contributed by atoms with E-state index in [-0.39, 0.29) is 0 Å². The van der Waals surface area contributed by atoms with Crippen LogP contribution in [0.5, 0.6) is 0 Å². The summed E-state index contributed by atoms with van der Waals surface area (Å²) >= 11 is 0. The van der Waals surface area contributed by atoms with Gasteiger partial charge in [-0.2, -0.15) is 0 Å². The van der Waals surface area contributed by atoms with Gasteiger partial charge >= 0.3 is 0 Å². The predicted octanol–water partition coefficient (Wildman–Crippen LogP) is 2.14. The molecule has 0 spiro atoms. The summed E-state index contributed by atoms with van der Waals surface area (Å²) in [6, 6.07) is 12.0. The largest absolute Gasteiger partial charge is 0.319 e. The number of benzene rings is 1. The maximum atomic E-state index is 11.0. The van der Waals surface area contributed by atoms with Gasteiger partial charge in [0.1, 0.15) is 0 Å². The van der Waals surface area contributed by atoms with Gasteiger partial charge in [0.2, 0.25) is 10.0 Å². The number of aromatic nitrogens is 1. The Hall–Kier alpha value is -1.59. The Labute approximate surface area is 114 Å². The lowest BCUT2D eigenvalue weighted by atomic mass is 10.2. The van der Waals surface area contributed by atoms with Crippen LogP contribution in [0.4, 0.5) is 0 Å². The molecule has 2 aromatic rings. The fourth-order valence-corrected chi connectivity index (χ4v) is 2.48. The Kier molecular flexibility index (Phi) is 3.78. The van der Waals surface area contributed by atoms with Crippen LogP contribution < -0.4 is 4.72 Å². The van der Waals surface area contributed by atoms with Crippen molar-refractivity contribution in [2.45, 2.75) is 20.4 Å². The molecule has 0 bridgehead atoms. The van der Waals surface area contributed by atoms with E-state index in [1.807, 2.05) is 24.3 Å². The van der Waals surface area contributed by atoms with Crippen molar-refractivity contribution in [3.63, 3.8) is 0 Å². The summed E-state index contributed by atoms with van der Waals surface area (Å²) in [5.41, 5.74) is 4.39. The van der Waals surface area contributed by atoms with Crippen LogP contribution in [-0.4, -0.2) is 19.2 Å². The Balaban J connectivity index is 2.20. The molecule has 1 N–H and O–H groups in total. The van der Waals surface area contributed by atoms with Gasteiger partial charge in [-0.1, -0.05) is 12.1 Å². The minimum Gasteiger partial charge on any atom is -0.319 e. The second-order valence-corrected chi connectivity index (χ2v) is 6.54. The molecule has 1 aromatic heterocycles. The van der Waals surface area contributed by atoms with Crippen molar-refractivity contribution < 1.29 is 8.42 Å². The number of rotatable bonds is 4. The van der Waals surface area contributed by atoms with Gasteiger partial charge in [-0.15, -0.1) is 0 Å². The van der Waals surface area contributed by atoms with E-state index < -0.39 is 10.0 Å². The van der Waals surface area contributed by atoms with Gasteiger partial charge in [0.25, 0.3) is 0 Å². The zero-order valence-electron chi connectivity index (χ0n) is 11.3. The minimum absolute atomic E-state index is 0.322. The van der Waals surface area contributed by atoms with Crippen LogP contribution in [0.15, 0.2) is 36.4 Å². The SMILES string of the molecule is Cc1ccc(C)n1-c1ccc(CNS(C)(=O)=O)cc1. The van der Waals surface area contributed by atoms with Crippen molar-refractivity contribution in [2.24, 2.45) is 0 Å². The lowest BCUT2D eigenvalue weighted by molar-refractivity contribution is 0.587. The van der Waals surface area contributed by atoms with E-state index in [0.717, 1.165) is 17.5 Å². The first-order valence-electron chi connectivity index (χ1n) is 6.06. The third-order valence-corrected chi connectivity index (χ3v) is 3.67. The first-order valence-corrected chi connectivity index (χ1v) is 7.95. The Bertz CT molecular complexity index is 650. The van der Waals surface area contributed by atoms with Gasteiger partial charge in [-0.05, 0) is 43.7 Å². The fourth-order valence-electron chi connectivity index (χ4n) is 2.05. The summed E-state index contributed by atoms with van der Waals surface area (Å²) in [5, 5.41) is 0. The van der Waals surface area contributed by atoms with Gasteiger partial charge < -0.3 is 4.57 Å². The first-order chi connectivity index (χ1) is 8.87.